The summed E-state index contributed by atoms with van der Waals surface area (Å²) in [5.74, 6) is 1.40. The molecule has 4 nitrogen and oxygen atoms in total. The molecule has 0 bridgehead atoms. The van der Waals surface area contributed by atoms with E-state index in [1.165, 1.54) is 5.56 Å². The maximum absolute atomic E-state index is 12.0. The Morgan fingerprint density at radius 3 is 2.58 bits per heavy atom. The van der Waals surface area contributed by atoms with Gasteiger partial charge in [-0.15, -0.1) is 0 Å². The van der Waals surface area contributed by atoms with Crippen LogP contribution in [0.3, 0.4) is 0 Å². The van der Waals surface area contributed by atoms with E-state index < -0.39 is 0 Å². The smallest absolute Gasteiger partial charge is 0.224 e. The van der Waals surface area contributed by atoms with E-state index in [1.807, 2.05) is 26.0 Å². The Hall–Kier alpha value is -2.20. The summed E-state index contributed by atoms with van der Waals surface area (Å²) in [6.45, 7) is 4.91. The van der Waals surface area contributed by atoms with Gasteiger partial charge in [-0.3, -0.25) is 4.79 Å². The van der Waals surface area contributed by atoms with Gasteiger partial charge < -0.3 is 14.8 Å². The Morgan fingerprint density at radius 1 is 1.12 bits per heavy atom. The minimum Gasteiger partial charge on any atom is -0.496 e. The van der Waals surface area contributed by atoms with Crippen molar-refractivity contribution in [3.63, 3.8) is 0 Å². The lowest BCUT2D eigenvalue weighted by Gasteiger charge is -2.11. The molecule has 0 fully saturated rings. The van der Waals surface area contributed by atoms with Gasteiger partial charge >= 0.3 is 0 Å². The molecular formula is C19H22ClNO3. The lowest BCUT2D eigenvalue weighted by Crippen LogP contribution is -2.29. The third-order valence-electron chi connectivity index (χ3n) is 3.61. The summed E-state index contributed by atoms with van der Waals surface area (Å²) in [6, 6.07) is 11.3. The first kappa shape index (κ1) is 18.1. The Bertz CT molecular complexity index is 716. The van der Waals surface area contributed by atoms with Gasteiger partial charge in [0.25, 0.3) is 0 Å². The van der Waals surface area contributed by atoms with Crippen LogP contribution < -0.4 is 14.8 Å². The molecule has 0 atom stereocenters. The van der Waals surface area contributed by atoms with Gasteiger partial charge in [-0.25, -0.2) is 0 Å². The summed E-state index contributed by atoms with van der Waals surface area (Å²) in [7, 11) is 1.57. The quantitative estimate of drug-likeness (QED) is 0.777. The SMILES string of the molecule is COc1ccc(Cl)cc1CC(=O)NCCOc1ccc(C)cc1C. The molecule has 0 heterocycles. The first-order chi connectivity index (χ1) is 11.5. The molecule has 128 valence electrons. The zero-order valence-corrected chi connectivity index (χ0v) is 14.9. The molecule has 0 radical (unpaired) electrons. The minimum absolute atomic E-state index is 0.0974. The van der Waals surface area contributed by atoms with Crippen molar-refractivity contribution in [3.8, 4) is 11.5 Å². The summed E-state index contributed by atoms with van der Waals surface area (Å²) < 4.78 is 10.9. The summed E-state index contributed by atoms with van der Waals surface area (Å²) >= 11 is 5.97. The number of methoxy groups -OCH3 is 1. The van der Waals surface area contributed by atoms with Gasteiger partial charge in [0.05, 0.1) is 20.1 Å². The van der Waals surface area contributed by atoms with Gasteiger partial charge in [0, 0.05) is 10.6 Å². The van der Waals surface area contributed by atoms with Crippen LogP contribution in [-0.2, 0) is 11.2 Å². The number of benzene rings is 2. The third-order valence-corrected chi connectivity index (χ3v) is 3.84. The zero-order chi connectivity index (χ0) is 17.5. The largest absolute Gasteiger partial charge is 0.496 e. The van der Waals surface area contributed by atoms with Crippen molar-refractivity contribution >= 4 is 17.5 Å². The van der Waals surface area contributed by atoms with Crippen LogP contribution in [-0.4, -0.2) is 26.2 Å². The van der Waals surface area contributed by atoms with E-state index in [4.69, 9.17) is 21.1 Å². The monoisotopic (exact) mass is 347 g/mol. The number of amides is 1. The summed E-state index contributed by atoms with van der Waals surface area (Å²) in [6.07, 6.45) is 0.216. The number of halogens is 1. The molecule has 5 heteroatoms. The van der Waals surface area contributed by atoms with E-state index in [1.54, 1.807) is 25.3 Å². The average Bonchev–Trinajstić information content (AvgIpc) is 2.53. The number of rotatable bonds is 7. The maximum atomic E-state index is 12.0. The Balaban J connectivity index is 1.80. The molecule has 0 spiro atoms. The van der Waals surface area contributed by atoms with Crippen molar-refractivity contribution in [1.29, 1.82) is 0 Å². The van der Waals surface area contributed by atoms with Crippen molar-refractivity contribution in [1.82, 2.24) is 5.32 Å². The second-order valence-corrected chi connectivity index (χ2v) is 6.04. The molecular weight excluding hydrogens is 326 g/mol. The van der Waals surface area contributed by atoms with Gasteiger partial charge in [0.2, 0.25) is 5.91 Å². The number of carbonyl (C=O) groups is 1. The van der Waals surface area contributed by atoms with E-state index in [-0.39, 0.29) is 12.3 Å². The topological polar surface area (TPSA) is 47.6 Å². The van der Waals surface area contributed by atoms with Gasteiger partial charge in [0.15, 0.2) is 0 Å². The molecule has 2 rings (SSSR count). The number of ether oxygens (including phenoxy) is 2. The van der Waals surface area contributed by atoms with E-state index in [2.05, 4.69) is 11.4 Å². The highest BCUT2D eigenvalue weighted by Crippen LogP contribution is 2.23. The highest BCUT2D eigenvalue weighted by molar-refractivity contribution is 6.30. The minimum atomic E-state index is -0.0974. The van der Waals surface area contributed by atoms with E-state index in [0.29, 0.717) is 23.9 Å². The molecule has 1 amide bonds. The fourth-order valence-corrected chi connectivity index (χ4v) is 2.63. The Kier molecular flexibility index (Phi) is 6.50. The molecule has 24 heavy (non-hydrogen) atoms. The average molecular weight is 348 g/mol. The molecule has 0 aliphatic heterocycles. The number of carbonyl (C=O) groups excluding carboxylic acids is 1. The van der Waals surface area contributed by atoms with Gasteiger partial charge in [-0.2, -0.15) is 0 Å². The van der Waals surface area contributed by atoms with Crippen LogP contribution in [0.15, 0.2) is 36.4 Å². The van der Waals surface area contributed by atoms with Crippen molar-refractivity contribution < 1.29 is 14.3 Å². The van der Waals surface area contributed by atoms with Crippen LogP contribution in [0.2, 0.25) is 5.02 Å². The van der Waals surface area contributed by atoms with E-state index >= 15 is 0 Å². The van der Waals surface area contributed by atoms with Crippen LogP contribution in [0.4, 0.5) is 0 Å². The molecule has 1 N–H and O–H groups in total. The van der Waals surface area contributed by atoms with Crippen LogP contribution in [0, 0.1) is 13.8 Å². The molecule has 2 aromatic carbocycles. The maximum Gasteiger partial charge on any atom is 0.224 e. The Morgan fingerprint density at radius 2 is 1.88 bits per heavy atom. The fraction of sp³-hybridized carbons (Fsp3) is 0.316. The summed E-state index contributed by atoms with van der Waals surface area (Å²) in [5, 5.41) is 3.42. The van der Waals surface area contributed by atoms with Gasteiger partial charge in [0.1, 0.15) is 18.1 Å². The standard InChI is InChI=1S/C19H22ClNO3/c1-13-4-6-17(14(2)10-13)24-9-8-21-19(22)12-15-11-16(20)5-7-18(15)23-3/h4-7,10-11H,8-9,12H2,1-3H3,(H,21,22). The normalized spacial score (nSPS) is 10.3. The molecule has 0 unspecified atom stereocenters. The molecule has 0 aliphatic rings. The third kappa shape index (κ3) is 5.17. The first-order valence-electron chi connectivity index (χ1n) is 7.79. The van der Waals surface area contributed by atoms with E-state index in [9.17, 15) is 4.79 Å². The van der Waals surface area contributed by atoms with Crippen LogP contribution in [0.1, 0.15) is 16.7 Å². The number of aryl methyl sites for hydroxylation is 2. The van der Waals surface area contributed by atoms with Gasteiger partial charge in [-0.1, -0.05) is 29.3 Å². The number of hydrogen-bond donors (Lipinski definition) is 1. The molecule has 2 aromatic rings. The molecule has 0 saturated carbocycles. The van der Waals surface area contributed by atoms with Gasteiger partial charge in [-0.05, 0) is 43.7 Å². The van der Waals surface area contributed by atoms with Crippen molar-refractivity contribution in [2.24, 2.45) is 0 Å². The second kappa shape index (κ2) is 8.60. The van der Waals surface area contributed by atoms with Crippen molar-refractivity contribution in [2.75, 3.05) is 20.3 Å². The van der Waals surface area contributed by atoms with E-state index in [0.717, 1.165) is 16.9 Å². The zero-order valence-electron chi connectivity index (χ0n) is 14.2. The van der Waals surface area contributed by atoms with Crippen molar-refractivity contribution in [2.45, 2.75) is 20.3 Å². The van der Waals surface area contributed by atoms with Crippen LogP contribution >= 0.6 is 11.6 Å². The predicted octanol–water partition coefficient (Wildman–Crippen LogP) is 3.70. The summed E-state index contributed by atoms with van der Waals surface area (Å²) in [4.78, 5) is 12.0. The first-order valence-corrected chi connectivity index (χ1v) is 8.16. The lowest BCUT2D eigenvalue weighted by atomic mass is 10.1. The highest BCUT2D eigenvalue weighted by Gasteiger charge is 2.09. The number of nitrogens with one attached hydrogen (secondary N) is 1. The highest BCUT2D eigenvalue weighted by atomic mass is 35.5. The molecule has 0 aromatic heterocycles. The summed E-state index contributed by atoms with van der Waals surface area (Å²) in [5.41, 5.74) is 3.05. The predicted molar refractivity (Wildman–Crippen MR) is 96.1 cm³/mol. The van der Waals surface area contributed by atoms with Crippen molar-refractivity contribution in [3.05, 3.63) is 58.1 Å². The fourth-order valence-electron chi connectivity index (χ4n) is 2.43. The molecule has 0 saturated heterocycles. The van der Waals surface area contributed by atoms with Crippen LogP contribution in [0.25, 0.3) is 0 Å². The van der Waals surface area contributed by atoms with Crippen LogP contribution in [0.5, 0.6) is 11.5 Å². The number of hydrogen-bond acceptors (Lipinski definition) is 3. The molecule has 0 aliphatic carbocycles. The Labute approximate surface area is 147 Å². The second-order valence-electron chi connectivity index (χ2n) is 5.60. The lowest BCUT2D eigenvalue weighted by molar-refractivity contribution is -0.120.